The molecule has 0 aromatic heterocycles. The molecule has 0 aliphatic heterocycles. The van der Waals surface area contributed by atoms with Gasteiger partial charge >= 0.3 is 0 Å². The summed E-state index contributed by atoms with van der Waals surface area (Å²) in [6.45, 7) is 2.13. The summed E-state index contributed by atoms with van der Waals surface area (Å²) in [4.78, 5) is 11.8. The number of benzene rings is 1. The van der Waals surface area contributed by atoms with Crippen LogP contribution in [-0.2, 0) is 4.79 Å². The summed E-state index contributed by atoms with van der Waals surface area (Å²) >= 11 is 0. The van der Waals surface area contributed by atoms with Crippen LogP contribution in [0.5, 0.6) is 0 Å². The fraction of sp³-hybridized carbons (Fsp3) is 0.421. The molecule has 3 heteroatoms. The van der Waals surface area contributed by atoms with Gasteiger partial charge in [0, 0.05) is 11.8 Å². The van der Waals surface area contributed by atoms with E-state index in [2.05, 4.69) is 31.2 Å². The number of hydrogen-bond acceptors (Lipinski definition) is 3. The van der Waals surface area contributed by atoms with Crippen LogP contribution in [0.3, 0.4) is 0 Å². The normalized spacial score (nSPS) is 32.9. The van der Waals surface area contributed by atoms with Gasteiger partial charge < -0.3 is 4.79 Å². The maximum Gasteiger partial charge on any atom is 0.129 e. The molecule has 4 rings (SSSR count). The van der Waals surface area contributed by atoms with E-state index in [4.69, 9.17) is 0 Å². The van der Waals surface area contributed by atoms with Crippen molar-refractivity contribution in [1.82, 2.24) is 0 Å². The highest BCUT2D eigenvalue weighted by atomic mass is 16.1. The van der Waals surface area contributed by atoms with Crippen molar-refractivity contribution in [3.8, 4) is 12.1 Å². The van der Waals surface area contributed by atoms with Crippen molar-refractivity contribution >= 4 is 6.29 Å². The molecule has 3 fully saturated rings. The van der Waals surface area contributed by atoms with Gasteiger partial charge in [-0.3, -0.25) is 0 Å². The van der Waals surface area contributed by atoms with Gasteiger partial charge in [0.2, 0.25) is 0 Å². The Morgan fingerprint density at radius 3 is 2.55 bits per heavy atom. The van der Waals surface area contributed by atoms with E-state index in [9.17, 15) is 15.3 Å². The fourth-order valence-corrected chi connectivity index (χ4v) is 4.48. The minimum atomic E-state index is -0.148. The van der Waals surface area contributed by atoms with Gasteiger partial charge in [-0.15, -0.1) is 0 Å². The van der Waals surface area contributed by atoms with Crippen LogP contribution in [0.2, 0.25) is 0 Å². The molecule has 4 atom stereocenters. The number of nitrogens with zero attached hydrogens (tertiary/aromatic N) is 2. The van der Waals surface area contributed by atoms with E-state index < -0.39 is 0 Å². The summed E-state index contributed by atoms with van der Waals surface area (Å²) in [5.41, 5.74) is 2.21. The topological polar surface area (TPSA) is 64.7 Å². The molecule has 1 aromatic carbocycles. The Morgan fingerprint density at radius 1 is 1.27 bits per heavy atom. The number of rotatable bonds is 2. The van der Waals surface area contributed by atoms with Crippen LogP contribution in [0, 0.1) is 39.9 Å². The number of carbonyl (C=O) groups is 1. The Morgan fingerprint density at radius 2 is 1.95 bits per heavy atom. The first-order valence-electron chi connectivity index (χ1n) is 7.68. The number of carbonyl (C=O) groups excluding carboxylic acids is 1. The zero-order valence-corrected chi connectivity index (χ0v) is 12.6. The van der Waals surface area contributed by atoms with E-state index in [0.717, 1.165) is 30.3 Å². The van der Waals surface area contributed by atoms with Gasteiger partial charge in [-0.2, -0.15) is 10.5 Å². The van der Waals surface area contributed by atoms with Gasteiger partial charge in [0.1, 0.15) is 24.0 Å². The predicted octanol–water partition coefficient (Wildman–Crippen LogP) is 3.75. The number of fused-ring (bicyclic) bond motifs is 3. The lowest BCUT2D eigenvalue weighted by Crippen LogP contribution is -2.47. The highest BCUT2D eigenvalue weighted by Crippen LogP contribution is 2.61. The lowest BCUT2D eigenvalue weighted by Gasteiger charge is -2.54. The summed E-state index contributed by atoms with van der Waals surface area (Å²) < 4.78 is 0. The molecule has 0 N–H and O–H groups in total. The molecule has 0 radical (unpaired) electrons. The zero-order valence-electron chi connectivity index (χ0n) is 12.6. The van der Waals surface area contributed by atoms with Gasteiger partial charge in [-0.1, -0.05) is 37.3 Å². The second-order valence-electron chi connectivity index (χ2n) is 6.70. The molecule has 0 spiro atoms. The summed E-state index contributed by atoms with van der Waals surface area (Å²) in [7, 11) is 0. The van der Waals surface area contributed by atoms with E-state index in [0.29, 0.717) is 6.42 Å². The van der Waals surface area contributed by atoms with Crippen LogP contribution in [0.4, 0.5) is 0 Å². The standard InChI is InChI=1S/C19H18N2O/c1-19-8-7-15(16(9-19)14(10-20)11-21)18(17(19)12-22)13-5-3-2-4-6-13/h2-6,12,15,17-18H,7-9H2,1H3/t15-,17-,18+,19+/m1/s1. The maximum atomic E-state index is 11.8. The Kier molecular flexibility index (Phi) is 3.59. The summed E-state index contributed by atoms with van der Waals surface area (Å²) in [5.74, 6) is 0.169. The second-order valence-corrected chi connectivity index (χ2v) is 6.70. The first-order chi connectivity index (χ1) is 10.6. The Hall–Kier alpha value is -2.39. The molecule has 3 aliphatic rings. The first-order valence-corrected chi connectivity index (χ1v) is 7.68. The van der Waals surface area contributed by atoms with Crippen molar-refractivity contribution in [2.75, 3.05) is 0 Å². The van der Waals surface area contributed by atoms with Crippen LogP contribution in [0.15, 0.2) is 41.5 Å². The molecule has 3 aliphatic carbocycles. The second kappa shape index (κ2) is 5.43. The monoisotopic (exact) mass is 290 g/mol. The van der Waals surface area contributed by atoms with E-state index in [1.165, 1.54) is 0 Å². The van der Waals surface area contributed by atoms with Gasteiger partial charge in [-0.05, 0) is 41.7 Å². The lowest BCUT2D eigenvalue weighted by molar-refractivity contribution is -0.120. The SMILES string of the molecule is C[C@]12CC[C@H](C(=C(C#N)C#N)C1)[C@H](c1ccccc1)[C@H]2C=O. The molecular formula is C19H18N2O. The van der Waals surface area contributed by atoms with E-state index in [-0.39, 0.29) is 28.7 Å². The lowest BCUT2D eigenvalue weighted by atomic mass is 9.48. The van der Waals surface area contributed by atoms with Gasteiger partial charge in [0.25, 0.3) is 0 Å². The molecule has 110 valence electrons. The van der Waals surface area contributed by atoms with Crippen molar-refractivity contribution in [3.05, 3.63) is 47.0 Å². The van der Waals surface area contributed by atoms with Gasteiger partial charge in [-0.25, -0.2) is 0 Å². The minimum absolute atomic E-state index is 0.0453. The Bertz CT molecular complexity index is 691. The van der Waals surface area contributed by atoms with E-state index in [1.54, 1.807) is 0 Å². The third-order valence-corrected chi connectivity index (χ3v) is 5.57. The first kappa shape index (κ1) is 14.5. The van der Waals surface area contributed by atoms with Crippen LogP contribution in [-0.4, -0.2) is 6.29 Å². The smallest absolute Gasteiger partial charge is 0.129 e. The fourth-order valence-electron chi connectivity index (χ4n) is 4.48. The summed E-state index contributed by atoms with van der Waals surface area (Å²) in [5, 5.41) is 18.5. The van der Waals surface area contributed by atoms with Crippen molar-refractivity contribution in [2.24, 2.45) is 17.3 Å². The van der Waals surface area contributed by atoms with Crippen molar-refractivity contribution in [3.63, 3.8) is 0 Å². The predicted molar refractivity (Wildman–Crippen MR) is 82.4 cm³/mol. The number of hydrogen-bond donors (Lipinski definition) is 0. The molecule has 0 heterocycles. The highest BCUT2D eigenvalue weighted by Gasteiger charge is 2.53. The van der Waals surface area contributed by atoms with E-state index in [1.807, 2.05) is 18.2 Å². The average Bonchev–Trinajstić information content (AvgIpc) is 2.56. The molecule has 2 bridgehead atoms. The minimum Gasteiger partial charge on any atom is -0.303 e. The summed E-state index contributed by atoms with van der Waals surface area (Å²) in [6.07, 6.45) is 3.72. The van der Waals surface area contributed by atoms with Crippen LogP contribution in [0.25, 0.3) is 0 Å². The van der Waals surface area contributed by atoms with Crippen molar-refractivity contribution in [1.29, 1.82) is 10.5 Å². The van der Waals surface area contributed by atoms with Crippen molar-refractivity contribution < 1.29 is 4.79 Å². The molecule has 0 saturated heterocycles. The van der Waals surface area contributed by atoms with Crippen LogP contribution in [0.1, 0.15) is 37.7 Å². The van der Waals surface area contributed by atoms with Gasteiger partial charge in [0.05, 0.1) is 0 Å². The maximum absolute atomic E-state index is 11.8. The third-order valence-electron chi connectivity index (χ3n) is 5.57. The number of allylic oxidation sites excluding steroid dienone is 2. The van der Waals surface area contributed by atoms with E-state index >= 15 is 0 Å². The molecule has 1 aromatic rings. The van der Waals surface area contributed by atoms with Crippen molar-refractivity contribution in [2.45, 2.75) is 32.1 Å². The molecule has 0 unspecified atom stereocenters. The number of nitriles is 2. The molecular weight excluding hydrogens is 272 g/mol. The number of aldehydes is 1. The van der Waals surface area contributed by atoms with Gasteiger partial charge in [0.15, 0.2) is 0 Å². The largest absolute Gasteiger partial charge is 0.303 e. The van der Waals surface area contributed by atoms with Crippen LogP contribution < -0.4 is 0 Å². The molecule has 22 heavy (non-hydrogen) atoms. The highest BCUT2D eigenvalue weighted by molar-refractivity contribution is 5.61. The molecule has 0 amide bonds. The van der Waals surface area contributed by atoms with Crippen LogP contribution >= 0.6 is 0 Å². The average molecular weight is 290 g/mol. The summed E-state index contributed by atoms with van der Waals surface area (Å²) in [6, 6.07) is 14.2. The Balaban J connectivity index is 2.16. The third kappa shape index (κ3) is 2.06. The zero-order chi connectivity index (χ0) is 15.7. The quantitative estimate of drug-likeness (QED) is 0.615. The molecule has 3 nitrogen and oxygen atoms in total. The Labute approximate surface area is 130 Å². The molecule has 3 saturated carbocycles.